The van der Waals surface area contributed by atoms with Crippen LogP contribution in [0.1, 0.15) is 18.5 Å². The number of hydrogen-bond acceptors (Lipinski definition) is 2. The summed E-state index contributed by atoms with van der Waals surface area (Å²) in [5.41, 5.74) is 6.30. The van der Waals surface area contributed by atoms with Crippen LogP contribution < -0.4 is 5.73 Å². The van der Waals surface area contributed by atoms with Gasteiger partial charge in [-0.1, -0.05) is 17.7 Å². The molecule has 0 aliphatic rings. The zero-order chi connectivity index (χ0) is 9.30. The van der Waals surface area contributed by atoms with Crippen molar-refractivity contribution < 1.29 is 5.11 Å². The van der Waals surface area contributed by atoms with E-state index in [1.54, 1.807) is 19.1 Å². The molecule has 0 aliphatic carbocycles. The Morgan fingerprint density at radius 1 is 1.58 bits per heavy atom. The van der Waals surface area contributed by atoms with Crippen LogP contribution in [0.5, 0.6) is 5.75 Å². The van der Waals surface area contributed by atoms with Crippen LogP contribution in [0.25, 0.3) is 0 Å². The summed E-state index contributed by atoms with van der Waals surface area (Å²) in [6, 6.07) is 3.22. The molecule has 0 bridgehead atoms. The van der Waals surface area contributed by atoms with Crippen LogP contribution in [0.2, 0.25) is 5.02 Å². The van der Waals surface area contributed by atoms with Gasteiger partial charge in [0.15, 0.2) is 0 Å². The van der Waals surface area contributed by atoms with Gasteiger partial charge in [-0.05, 0) is 28.9 Å². The summed E-state index contributed by atoms with van der Waals surface area (Å²) in [6.45, 7) is 1.80. The lowest BCUT2D eigenvalue weighted by atomic mass is 10.1. The van der Waals surface area contributed by atoms with Crippen molar-refractivity contribution in [3.8, 4) is 5.75 Å². The van der Waals surface area contributed by atoms with Crippen molar-refractivity contribution >= 4 is 27.5 Å². The fourth-order valence-electron chi connectivity index (χ4n) is 0.922. The van der Waals surface area contributed by atoms with E-state index in [-0.39, 0.29) is 11.8 Å². The first-order valence-corrected chi connectivity index (χ1v) is 4.63. The molecule has 0 heterocycles. The molecule has 0 unspecified atom stereocenters. The smallest absolute Gasteiger partial charge is 0.136 e. The Bertz CT molecular complexity index is 301. The molecule has 2 nitrogen and oxygen atoms in total. The van der Waals surface area contributed by atoms with E-state index in [1.807, 2.05) is 0 Å². The van der Waals surface area contributed by atoms with Gasteiger partial charge in [-0.15, -0.1) is 0 Å². The van der Waals surface area contributed by atoms with E-state index < -0.39 is 0 Å². The van der Waals surface area contributed by atoms with Gasteiger partial charge in [0.25, 0.3) is 0 Å². The van der Waals surface area contributed by atoms with Crippen LogP contribution in [-0.4, -0.2) is 5.11 Å². The van der Waals surface area contributed by atoms with Crippen molar-refractivity contribution in [3.63, 3.8) is 0 Å². The minimum atomic E-state index is -0.196. The van der Waals surface area contributed by atoms with E-state index in [9.17, 15) is 5.11 Å². The number of rotatable bonds is 1. The van der Waals surface area contributed by atoms with Gasteiger partial charge >= 0.3 is 0 Å². The molecule has 3 N–H and O–H groups in total. The van der Waals surface area contributed by atoms with Crippen molar-refractivity contribution in [2.24, 2.45) is 5.73 Å². The fraction of sp³-hybridized carbons (Fsp3) is 0.250. The Hall–Kier alpha value is -0.250. The summed E-state index contributed by atoms with van der Waals surface area (Å²) >= 11 is 8.90. The Morgan fingerprint density at radius 3 is 2.67 bits per heavy atom. The average molecular weight is 251 g/mol. The van der Waals surface area contributed by atoms with Gasteiger partial charge < -0.3 is 10.8 Å². The fourth-order valence-corrected chi connectivity index (χ4v) is 1.44. The lowest BCUT2D eigenvalue weighted by molar-refractivity contribution is 0.460. The lowest BCUT2D eigenvalue weighted by Gasteiger charge is -2.09. The maximum atomic E-state index is 9.54. The molecular weight excluding hydrogens is 241 g/mol. The predicted molar refractivity (Wildman–Crippen MR) is 53.4 cm³/mol. The maximum absolute atomic E-state index is 9.54. The molecule has 0 spiro atoms. The highest BCUT2D eigenvalue weighted by Crippen LogP contribution is 2.36. The summed E-state index contributed by atoms with van der Waals surface area (Å²) in [5, 5.41) is 10.0. The third-order valence-electron chi connectivity index (χ3n) is 1.59. The lowest BCUT2D eigenvalue weighted by Crippen LogP contribution is -2.05. The van der Waals surface area contributed by atoms with Gasteiger partial charge in [-0.3, -0.25) is 0 Å². The predicted octanol–water partition coefficient (Wildman–Crippen LogP) is 2.83. The van der Waals surface area contributed by atoms with Crippen molar-refractivity contribution in [2.45, 2.75) is 13.0 Å². The minimum absolute atomic E-state index is 0.123. The molecule has 1 rings (SSSR count). The number of benzene rings is 1. The second-order valence-corrected chi connectivity index (χ2v) is 3.79. The molecule has 0 saturated heterocycles. The molecule has 0 saturated carbocycles. The van der Waals surface area contributed by atoms with E-state index in [0.29, 0.717) is 15.1 Å². The molecule has 12 heavy (non-hydrogen) atoms. The van der Waals surface area contributed by atoms with Gasteiger partial charge in [0.2, 0.25) is 0 Å². The van der Waals surface area contributed by atoms with Gasteiger partial charge in [0.1, 0.15) is 5.75 Å². The van der Waals surface area contributed by atoms with Crippen molar-refractivity contribution in [3.05, 3.63) is 27.2 Å². The molecule has 1 aromatic carbocycles. The first-order valence-electron chi connectivity index (χ1n) is 3.46. The van der Waals surface area contributed by atoms with Gasteiger partial charge in [-0.25, -0.2) is 0 Å². The minimum Gasteiger partial charge on any atom is -0.506 e. The summed E-state index contributed by atoms with van der Waals surface area (Å²) in [4.78, 5) is 0. The van der Waals surface area contributed by atoms with Crippen molar-refractivity contribution in [2.75, 3.05) is 0 Å². The zero-order valence-electron chi connectivity index (χ0n) is 6.51. The number of phenolic OH excluding ortho intramolecular Hbond substituents is 1. The third kappa shape index (κ3) is 1.73. The molecule has 0 radical (unpaired) electrons. The van der Waals surface area contributed by atoms with Crippen molar-refractivity contribution in [1.82, 2.24) is 0 Å². The quantitative estimate of drug-likeness (QED) is 0.805. The number of hydrogen-bond donors (Lipinski definition) is 2. The standard InChI is InChI=1S/C8H9BrClNO/c1-4(11)5-2-3-6(10)7(9)8(5)12/h2-4,12H,11H2,1H3/t4-/m0/s1. The molecule has 1 aromatic rings. The van der Waals surface area contributed by atoms with Crippen LogP contribution in [0, 0.1) is 0 Å². The summed E-state index contributed by atoms with van der Waals surface area (Å²) in [6.07, 6.45) is 0. The molecule has 0 aromatic heterocycles. The highest BCUT2D eigenvalue weighted by molar-refractivity contribution is 9.10. The molecule has 0 fully saturated rings. The molecule has 4 heteroatoms. The number of phenols is 1. The first-order chi connectivity index (χ1) is 5.54. The van der Waals surface area contributed by atoms with Gasteiger partial charge in [-0.2, -0.15) is 0 Å². The zero-order valence-corrected chi connectivity index (χ0v) is 8.85. The highest BCUT2D eigenvalue weighted by atomic mass is 79.9. The maximum Gasteiger partial charge on any atom is 0.136 e. The highest BCUT2D eigenvalue weighted by Gasteiger charge is 2.11. The normalized spacial score (nSPS) is 13.0. The molecule has 0 aliphatic heterocycles. The second-order valence-electron chi connectivity index (χ2n) is 2.59. The molecule has 0 amide bonds. The Morgan fingerprint density at radius 2 is 2.17 bits per heavy atom. The average Bonchev–Trinajstić information content (AvgIpc) is 2.00. The Balaban J connectivity index is 3.27. The van der Waals surface area contributed by atoms with Crippen LogP contribution >= 0.6 is 27.5 Å². The molecular formula is C8H9BrClNO. The number of aromatic hydroxyl groups is 1. The van der Waals surface area contributed by atoms with E-state index in [0.717, 1.165) is 0 Å². The first kappa shape index (κ1) is 9.84. The monoisotopic (exact) mass is 249 g/mol. The van der Waals surface area contributed by atoms with Gasteiger partial charge in [0.05, 0.1) is 9.50 Å². The Kier molecular flexibility index (Phi) is 2.99. The van der Waals surface area contributed by atoms with Crippen LogP contribution in [0.3, 0.4) is 0 Å². The van der Waals surface area contributed by atoms with E-state index in [2.05, 4.69) is 15.9 Å². The second kappa shape index (κ2) is 3.64. The van der Waals surface area contributed by atoms with E-state index in [4.69, 9.17) is 17.3 Å². The largest absolute Gasteiger partial charge is 0.506 e. The van der Waals surface area contributed by atoms with E-state index >= 15 is 0 Å². The Labute approximate surface area is 84.5 Å². The van der Waals surface area contributed by atoms with Crippen LogP contribution in [0.4, 0.5) is 0 Å². The topological polar surface area (TPSA) is 46.2 Å². The van der Waals surface area contributed by atoms with Crippen LogP contribution in [-0.2, 0) is 0 Å². The summed E-state index contributed by atoms with van der Waals surface area (Å²) in [7, 11) is 0. The SMILES string of the molecule is C[C@H](N)c1ccc(Cl)c(Br)c1O. The third-order valence-corrected chi connectivity index (χ3v) is 2.94. The van der Waals surface area contributed by atoms with Crippen molar-refractivity contribution in [1.29, 1.82) is 0 Å². The van der Waals surface area contributed by atoms with Crippen LogP contribution in [0.15, 0.2) is 16.6 Å². The molecule has 66 valence electrons. The number of halogens is 2. The van der Waals surface area contributed by atoms with E-state index in [1.165, 1.54) is 0 Å². The summed E-state index contributed by atoms with van der Waals surface area (Å²) in [5.74, 6) is 0.123. The summed E-state index contributed by atoms with van der Waals surface area (Å²) < 4.78 is 0.499. The molecule has 1 atom stereocenters. The number of nitrogens with two attached hydrogens (primary N) is 1. The van der Waals surface area contributed by atoms with Gasteiger partial charge in [0, 0.05) is 11.6 Å².